The molecule has 2 aromatic heterocycles. The average molecular weight is 398 g/mol. The molecule has 25 heavy (non-hydrogen) atoms. The molecule has 0 amide bonds. The second kappa shape index (κ2) is 8.07. The Morgan fingerprint density at radius 1 is 1.00 bits per heavy atom. The van der Waals surface area contributed by atoms with Gasteiger partial charge in [0, 0.05) is 29.3 Å². The molecule has 0 atom stereocenters. The molecule has 0 aliphatic rings. The fourth-order valence-corrected chi connectivity index (χ4v) is 2.57. The van der Waals surface area contributed by atoms with Crippen LogP contribution >= 0.6 is 15.9 Å². The van der Waals surface area contributed by atoms with Gasteiger partial charge < -0.3 is 10.6 Å². The van der Waals surface area contributed by atoms with Gasteiger partial charge in [-0.3, -0.25) is 4.98 Å². The molecule has 0 aliphatic carbocycles. The highest BCUT2D eigenvalue weighted by Gasteiger charge is 2.08. The molecule has 0 unspecified atom stereocenters. The van der Waals surface area contributed by atoms with E-state index in [1.54, 1.807) is 6.20 Å². The molecule has 1 aromatic carbocycles. The summed E-state index contributed by atoms with van der Waals surface area (Å²) in [5.41, 5.74) is 2.79. The molecule has 0 fully saturated rings. The molecule has 2 heterocycles. The van der Waals surface area contributed by atoms with E-state index in [2.05, 4.69) is 67.5 Å². The fraction of sp³-hybridized carbons (Fsp3) is 0.211. The fourth-order valence-electron chi connectivity index (χ4n) is 2.30. The first-order chi connectivity index (χ1) is 12.1. The van der Waals surface area contributed by atoms with E-state index in [9.17, 15) is 0 Å². The van der Waals surface area contributed by atoms with Gasteiger partial charge in [0.25, 0.3) is 0 Å². The van der Waals surface area contributed by atoms with Gasteiger partial charge >= 0.3 is 0 Å². The van der Waals surface area contributed by atoms with Crippen molar-refractivity contribution >= 4 is 27.7 Å². The Bertz CT molecular complexity index is 819. The van der Waals surface area contributed by atoms with Gasteiger partial charge in [-0.25, -0.2) is 4.98 Å². The highest BCUT2D eigenvalue weighted by atomic mass is 79.9. The smallest absolute Gasteiger partial charge is 0.225 e. The third-order valence-electron chi connectivity index (χ3n) is 3.46. The van der Waals surface area contributed by atoms with Gasteiger partial charge in [0.1, 0.15) is 5.82 Å². The van der Waals surface area contributed by atoms with Gasteiger partial charge in [-0.1, -0.05) is 34.1 Å². The van der Waals surface area contributed by atoms with Crippen LogP contribution < -0.4 is 10.6 Å². The van der Waals surface area contributed by atoms with E-state index in [0.29, 0.717) is 12.5 Å². The molecule has 0 aliphatic heterocycles. The predicted octanol–water partition coefficient (Wildman–Crippen LogP) is 4.73. The van der Waals surface area contributed by atoms with Crippen LogP contribution in [0, 0.1) is 0 Å². The van der Waals surface area contributed by atoms with Crippen LogP contribution in [0.4, 0.5) is 11.8 Å². The molecule has 0 saturated carbocycles. The molecular formula is C19H20BrN5. The number of aromatic nitrogens is 3. The lowest BCUT2D eigenvalue weighted by Gasteiger charge is -2.13. The van der Waals surface area contributed by atoms with Gasteiger partial charge in [-0.15, -0.1) is 0 Å². The molecule has 0 spiro atoms. The van der Waals surface area contributed by atoms with Crippen LogP contribution in [0.3, 0.4) is 0 Å². The van der Waals surface area contributed by atoms with Crippen LogP contribution in [0.5, 0.6) is 0 Å². The second-order valence-electron chi connectivity index (χ2n) is 5.96. The summed E-state index contributed by atoms with van der Waals surface area (Å²) < 4.78 is 1.07. The monoisotopic (exact) mass is 397 g/mol. The predicted molar refractivity (Wildman–Crippen MR) is 105 cm³/mol. The molecule has 3 aromatic rings. The van der Waals surface area contributed by atoms with Crippen molar-refractivity contribution < 1.29 is 0 Å². The van der Waals surface area contributed by atoms with E-state index in [1.807, 2.05) is 36.4 Å². The lowest BCUT2D eigenvalue weighted by molar-refractivity contribution is 0.874. The standard InChI is InChI=1S/C19H20BrN5/c1-13(2)23-19-24-17(16-5-3-4-10-21-16)11-18(25-19)22-12-14-6-8-15(20)9-7-14/h3-11,13H,12H2,1-2H3,(H2,22,23,24,25). The van der Waals surface area contributed by atoms with Crippen LogP contribution in [0.2, 0.25) is 0 Å². The first-order valence-electron chi connectivity index (χ1n) is 8.15. The Morgan fingerprint density at radius 3 is 2.48 bits per heavy atom. The topological polar surface area (TPSA) is 62.7 Å². The minimum absolute atomic E-state index is 0.248. The summed E-state index contributed by atoms with van der Waals surface area (Å²) in [6, 6.07) is 16.2. The molecule has 6 heteroatoms. The number of pyridine rings is 1. The van der Waals surface area contributed by atoms with Gasteiger partial charge in [-0.2, -0.15) is 4.98 Å². The first kappa shape index (κ1) is 17.4. The summed E-state index contributed by atoms with van der Waals surface area (Å²) in [6.07, 6.45) is 1.77. The largest absolute Gasteiger partial charge is 0.366 e. The molecule has 0 saturated heterocycles. The quantitative estimate of drug-likeness (QED) is 0.629. The van der Waals surface area contributed by atoms with Crippen molar-refractivity contribution in [3.05, 3.63) is 64.8 Å². The number of benzene rings is 1. The summed E-state index contributed by atoms with van der Waals surface area (Å²) in [6.45, 7) is 4.81. The second-order valence-corrected chi connectivity index (χ2v) is 6.87. The van der Waals surface area contributed by atoms with Crippen LogP contribution in [0.1, 0.15) is 19.4 Å². The van der Waals surface area contributed by atoms with Crippen molar-refractivity contribution in [2.75, 3.05) is 10.6 Å². The van der Waals surface area contributed by atoms with E-state index in [-0.39, 0.29) is 6.04 Å². The van der Waals surface area contributed by atoms with Crippen molar-refractivity contribution in [1.29, 1.82) is 0 Å². The summed E-state index contributed by atoms with van der Waals surface area (Å²) in [7, 11) is 0. The Kier molecular flexibility index (Phi) is 5.60. The van der Waals surface area contributed by atoms with Crippen molar-refractivity contribution in [1.82, 2.24) is 15.0 Å². The highest BCUT2D eigenvalue weighted by Crippen LogP contribution is 2.20. The molecule has 3 rings (SSSR count). The van der Waals surface area contributed by atoms with E-state index in [1.165, 1.54) is 5.56 Å². The SMILES string of the molecule is CC(C)Nc1nc(NCc2ccc(Br)cc2)cc(-c2ccccn2)n1. The number of hydrogen-bond donors (Lipinski definition) is 2. The first-order valence-corrected chi connectivity index (χ1v) is 8.95. The molecular weight excluding hydrogens is 378 g/mol. The maximum absolute atomic E-state index is 4.58. The number of nitrogens with zero attached hydrogens (tertiary/aromatic N) is 3. The van der Waals surface area contributed by atoms with Gasteiger partial charge in [0.2, 0.25) is 5.95 Å². The van der Waals surface area contributed by atoms with E-state index in [0.717, 1.165) is 21.7 Å². The van der Waals surface area contributed by atoms with Crippen LogP contribution in [-0.4, -0.2) is 21.0 Å². The minimum atomic E-state index is 0.248. The van der Waals surface area contributed by atoms with Gasteiger partial charge in [0.15, 0.2) is 0 Å². The van der Waals surface area contributed by atoms with Crippen LogP contribution in [0.15, 0.2) is 59.2 Å². The van der Waals surface area contributed by atoms with E-state index < -0.39 is 0 Å². The molecule has 0 radical (unpaired) electrons. The third kappa shape index (κ3) is 5.00. The maximum Gasteiger partial charge on any atom is 0.225 e. The highest BCUT2D eigenvalue weighted by molar-refractivity contribution is 9.10. The zero-order valence-corrected chi connectivity index (χ0v) is 15.8. The Morgan fingerprint density at radius 2 is 1.80 bits per heavy atom. The van der Waals surface area contributed by atoms with Gasteiger partial charge in [-0.05, 0) is 43.7 Å². The average Bonchev–Trinajstić information content (AvgIpc) is 2.61. The summed E-state index contributed by atoms with van der Waals surface area (Å²) in [5, 5.41) is 6.63. The molecule has 2 N–H and O–H groups in total. The van der Waals surface area contributed by atoms with Crippen LogP contribution in [-0.2, 0) is 6.54 Å². The molecule has 5 nitrogen and oxygen atoms in total. The summed E-state index contributed by atoms with van der Waals surface area (Å²) in [5.74, 6) is 1.36. The third-order valence-corrected chi connectivity index (χ3v) is 3.99. The van der Waals surface area contributed by atoms with Crippen molar-refractivity contribution in [2.24, 2.45) is 0 Å². The zero-order valence-electron chi connectivity index (χ0n) is 14.2. The Hall–Kier alpha value is -2.47. The summed E-state index contributed by atoms with van der Waals surface area (Å²) in [4.78, 5) is 13.5. The summed E-state index contributed by atoms with van der Waals surface area (Å²) >= 11 is 3.45. The normalized spacial score (nSPS) is 10.7. The van der Waals surface area contributed by atoms with E-state index in [4.69, 9.17) is 0 Å². The molecule has 128 valence electrons. The Labute approximate surface area is 156 Å². The number of halogens is 1. The van der Waals surface area contributed by atoms with Crippen LogP contribution in [0.25, 0.3) is 11.4 Å². The number of hydrogen-bond acceptors (Lipinski definition) is 5. The lowest BCUT2D eigenvalue weighted by atomic mass is 10.2. The number of anilines is 2. The van der Waals surface area contributed by atoms with Crippen molar-refractivity contribution in [3.63, 3.8) is 0 Å². The lowest BCUT2D eigenvalue weighted by Crippen LogP contribution is -2.14. The zero-order chi connectivity index (χ0) is 17.6. The maximum atomic E-state index is 4.58. The van der Waals surface area contributed by atoms with Crippen molar-refractivity contribution in [3.8, 4) is 11.4 Å². The Balaban J connectivity index is 1.85. The molecule has 0 bridgehead atoms. The van der Waals surface area contributed by atoms with E-state index >= 15 is 0 Å². The number of nitrogens with one attached hydrogen (secondary N) is 2. The van der Waals surface area contributed by atoms with Crippen molar-refractivity contribution in [2.45, 2.75) is 26.4 Å². The minimum Gasteiger partial charge on any atom is -0.366 e. The van der Waals surface area contributed by atoms with Gasteiger partial charge in [0.05, 0.1) is 11.4 Å². The number of rotatable bonds is 6.